The molecule has 0 aliphatic heterocycles. The Morgan fingerprint density at radius 2 is 1.95 bits per heavy atom. The van der Waals surface area contributed by atoms with Crippen molar-refractivity contribution in [2.45, 2.75) is 57.0 Å². The smallest absolute Gasteiger partial charge is 0.188 e. The zero-order chi connectivity index (χ0) is 14.5. The molecular formula is C14H25N3OS. The number of aliphatic hydroxyl groups is 1. The number of hydrogen-bond donors (Lipinski definition) is 2. The van der Waals surface area contributed by atoms with Crippen molar-refractivity contribution in [1.29, 1.82) is 0 Å². The van der Waals surface area contributed by atoms with Gasteiger partial charge in [0, 0.05) is 22.2 Å². The number of nitrogens with zero attached hydrogens (tertiary/aromatic N) is 2. The second kappa shape index (κ2) is 7.22. The molecule has 2 N–H and O–H groups in total. The SMILES string of the molecule is CCNC(C)(CO)CC(C)Sc1nc(C)cc(C)n1. The molecule has 1 aromatic rings. The minimum Gasteiger partial charge on any atom is -0.394 e. The molecule has 0 aromatic carbocycles. The van der Waals surface area contributed by atoms with E-state index >= 15 is 0 Å². The summed E-state index contributed by atoms with van der Waals surface area (Å²) in [7, 11) is 0. The number of nitrogens with one attached hydrogen (secondary N) is 1. The van der Waals surface area contributed by atoms with Gasteiger partial charge in [-0.15, -0.1) is 0 Å². The van der Waals surface area contributed by atoms with E-state index in [1.807, 2.05) is 19.9 Å². The molecule has 0 aliphatic carbocycles. The van der Waals surface area contributed by atoms with Crippen LogP contribution in [0, 0.1) is 13.8 Å². The monoisotopic (exact) mass is 283 g/mol. The Hall–Kier alpha value is -0.650. The molecule has 0 saturated carbocycles. The second-order valence-corrected chi connectivity index (χ2v) is 6.72. The largest absolute Gasteiger partial charge is 0.394 e. The average molecular weight is 283 g/mol. The van der Waals surface area contributed by atoms with Crippen LogP contribution in [-0.2, 0) is 0 Å². The maximum absolute atomic E-state index is 9.52. The van der Waals surface area contributed by atoms with Crippen LogP contribution in [0.2, 0.25) is 0 Å². The van der Waals surface area contributed by atoms with Gasteiger partial charge in [-0.1, -0.05) is 25.6 Å². The number of likely N-dealkylation sites (N-methyl/N-ethyl adjacent to an activating group) is 1. The van der Waals surface area contributed by atoms with Crippen molar-refractivity contribution in [3.8, 4) is 0 Å². The van der Waals surface area contributed by atoms with Crippen molar-refractivity contribution in [2.24, 2.45) is 0 Å². The molecule has 0 fully saturated rings. The van der Waals surface area contributed by atoms with Crippen LogP contribution in [0.1, 0.15) is 38.6 Å². The molecule has 0 saturated heterocycles. The Kier molecular flexibility index (Phi) is 6.23. The van der Waals surface area contributed by atoms with Gasteiger partial charge in [-0.2, -0.15) is 0 Å². The molecule has 108 valence electrons. The van der Waals surface area contributed by atoms with Gasteiger partial charge in [0.1, 0.15) is 0 Å². The Morgan fingerprint density at radius 3 is 2.42 bits per heavy atom. The molecule has 19 heavy (non-hydrogen) atoms. The van der Waals surface area contributed by atoms with E-state index in [1.165, 1.54) is 0 Å². The summed E-state index contributed by atoms with van der Waals surface area (Å²) in [5.41, 5.74) is 1.76. The molecular weight excluding hydrogens is 258 g/mol. The van der Waals surface area contributed by atoms with Crippen LogP contribution in [0.15, 0.2) is 11.2 Å². The molecule has 1 aromatic heterocycles. The van der Waals surface area contributed by atoms with Crippen molar-refractivity contribution >= 4 is 11.8 Å². The topological polar surface area (TPSA) is 58.0 Å². The van der Waals surface area contributed by atoms with Crippen LogP contribution in [-0.4, -0.2) is 39.0 Å². The number of thioether (sulfide) groups is 1. The normalized spacial score (nSPS) is 16.1. The molecule has 1 rings (SSSR count). The molecule has 4 nitrogen and oxygen atoms in total. The molecule has 2 atom stereocenters. The summed E-state index contributed by atoms with van der Waals surface area (Å²) in [5, 5.41) is 14.0. The van der Waals surface area contributed by atoms with E-state index in [4.69, 9.17) is 0 Å². The van der Waals surface area contributed by atoms with E-state index in [-0.39, 0.29) is 12.1 Å². The predicted octanol–water partition coefficient (Wildman–Crippen LogP) is 2.32. The van der Waals surface area contributed by atoms with Gasteiger partial charge in [-0.3, -0.25) is 0 Å². The second-order valence-electron chi connectivity index (χ2n) is 5.31. The first-order valence-electron chi connectivity index (χ1n) is 6.73. The van der Waals surface area contributed by atoms with Gasteiger partial charge in [0.05, 0.1) is 6.61 Å². The molecule has 0 aliphatic rings. The highest BCUT2D eigenvalue weighted by molar-refractivity contribution is 7.99. The number of aryl methyl sites for hydroxylation is 2. The van der Waals surface area contributed by atoms with Crippen molar-refractivity contribution in [1.82, 2.24) is 15.3 Å². The van der Waals surface area contributed by atoms with Crippen LogP contribution in [0.25, 0.3) is 0 Å². The van der Waals surface area contributed by atoms with E-state index in [2.05, 4.69) is 36.1 Å². The van der Waals surface area contributed by atoms with Gasteiger partial charge in [0.25, 0.3) is 0 Å². The minimum absolute atomic E-state index is 0.138. The lowest BCUT2D eigenvalue weighted by Crippen LogP contribution is -2.47. The zero-order valence-corrected chi connectivity index (χ0v) is 13.3. The van der Waals surface area contributed by atoms with Crippen LogP contribution in [0.4, 0.5) is 0 Å². The van der Waals surface area contributed by atoms with Gasteiger partial charge in [0.2, 0.25) is 0 Å². The fourth-order valence-corrected chi connectivity index (χ4v) is 3.43. The van der Waals surface area contributed by atoms with Gasteiger partial charge in [-0.25, -0.2) is 9.97 Å². The van der Waals surface area contributed by atoms with Crippen molar-refractivity contribution in [3.63, 3.8) is 0 Å². The average Bonchev–Trinajstić information content (AvgIpc) is 2.27. The summed E-state index contributed by atoms with van der Waals surface area (Å²) in [6.07, 6.45) is 0.873. The van der Waals surface area contributed by atoms with Crippen molar-refractivity contribution in [3.05, 3.63) is 17.5 Å². The van der Waals surface area contributed by atoms with Gasteiger partial charge in [0.15, 0.2) is 5.16 Å². The molecule has 5 heteroatoms. The maximum Gasteiger partial charge on any atom is 0.188 e. The Morgan fingerprint density at radius 1 is 1.37 bits per heavy atom. The summed E-state index contributed by atoms with van der Waals surface area (Å²) in [5.74, 6) is 0. The van der Waals surface area contributed by atoms with Gasteiger partial charge < -0.3 is 10.4 Å². The summed E-state index contributed by atoms with van der Waals surface area (Å²) in [4.78, 5) is 8.89. The summed E-state index contributed by atoms with van der Waals surface area (Å²) >= 11 is 1.67. The van der Waals surface area contributed by atoms with Crippen LogP contribution >= 0.6 is 11.8 Å². The maximum atomic E-state index is 9.52. The third kappa shape index (κ3) is 5.47. The lowest BCUT2D eigenvalue weighted by Gasteiger charge is -2.30. The molecule has 1 heterocycles. The Labute approximate surface area is 120 Å². The molecule has 2 unspecified atom stereocenters. The van der Waals surface area contributed by atoms with Crippen LogP contribution in [0.5, 0.6) is 0 Å². The van der Waals surface area contributed by atoms with Gasteiger partial charge >= 0.3 is 0 Å². The first-order chi connectivity index (χ1) is 8.88. The molecule has 0 spiro atoms. The van der Waals surface area contributed by atoms with E-state index in [0.717, 1.165) is 29.5 Å². The number of aromatic nitrogens is 2. The van der Waals surface area contributed by atoms with Crippen LogP contribution < -0.4 is 5.32 Å². The molecule has 0 amide bonds. The first-order valence-corrected chi connectivity index (χ1v) is 7.61. The highest BCUT2D eigenvalue weighted by atomic mass is 32.2. The minimum atomic E-state index is -0.236. The summed E-state index contributed by atoms with van der Waals surface area (Å²) < 4.78 is 0. The quantitative estimate of drug-likeness (QED) is 0.594. The highest BCUT2D eigenvalue weighted by Gasteiger charge is 2.25. The van der Waals surface area contributed by atoms with Crippen molar-refractivity contribution < 1.29 is 5.11 Å². The predicted molar refractivity (Wildman–Crippen MR) is 80.6 cm³/mol. The first kappa shape index (κ1) is 16.4. The number of rotatable bonds is 7. The third-order valence-electron chi connectivity index (χ3n) is 2.96. The van der Waals surface area contributed by atoms with Crippen LogP contribution in [0.3, 0.4) is 0 Å². The fraction of sp³-hybridized carbons (Fsp3) is 0.714. The van der Waals surface area contributed by atoms with E-state index in [1.54, 1.807) is 11.8 Å². The lowest BCUT2D eigenvalue weighted by molar-refractivity contribution is 0.168. The zero-order valence-electron chi connectivity index (χ0n) is 12.5. The summed E-state index contributed by atoms with van der Waals surface area (Å²) in [6.45, 7) is 11.2. The Bertz CT molecular complexity index is 393. The molecule has 0 bridgehead atoms. The fourth-order valence-electron chi connectivity index (χ4n) is 2.22. The van der Waals surface area contributed by atoms with Crippen molar-refractivity contribution in [2.75, 3.05) is 13.2 Å². The molecule has 0 radical (unpaired) electrons. The highest BCUT2D eigenvalue weighted by Crippen LogP contribution is 2.26. The van der Waals surface area contributed by atoms with E-state index < -0.39 is 0 Å². The van der Waals surface area contributed by atoms with E-state index in [9.17, 15) is 5.11 Å². The number of hydrogen-bond acceptors (Lipinski definition) is 5. The van der Waals surface area contributed by atoms with Gasteiger partial charge in [-0.05, 0) is 39.8 Å². The standard InChI is InChI=1S/C14H25N3OS/c1-6-15-14(5,9-18)8-12(4)19-13-16-10(2)7-11(3)17-13/h7,12,15,18H,6,8-9H2,1-5H3. The number of aliphatic hydroxyl groups excluding tert-OH is 1. The summed E-state index contributed by atoms with van der Waals surface area (Å²) in [6, 6.07) is 1.98. The Balaban J connectivity index is 2.66. The third-order valence-corrected chi connectivity index (χ3v) is 3.92. The lowest BCUT2D eigenvalue weighted by atomic mass is 9.97. The van der Waals surface area contributed by atoms with E-state index in [0.29, 0.717) is 5.25 Å².